The normalized spacial score (nSPS) is 12.8. The van der Waals surface area contributed by atoms with E-state index in [4.69, 9.17) is 11.6 Å². The van der Waals surface area contributed by atoms with Gasteiger partial charge in [-0.25, -0.2) is 0 Å². The Morgan fingerprint density at radius 2 is 1.62 bits per heavy atom. The Labute approximate surface area is 131 Å². The monoisotopic (exact) mass is 301 g/mol. The molecule has 0 radical (unpaired) electrons. The van der Waals surface area contributed by atoms with Gasteiger partial charge in [-0.05, 0) is 38.0 Å². The number of halogens is 1. The van der Waals surface area contributed by atoms with Crippen molar-refractivity contribution in [1.82, 2.24) is 0 Å². The van der Waals surface area contributed by atoms with Crippen LogP contribution in [0.15, 0.2) is 54.6 Å². The van der Waals surface area contributed by atoms with E-state index < -0.39 is 5.41 Å². The van der Waals surface area contributed by atoms with Gasteiger partial charge in [0, 0.05) is 5.69 Å². The Hall–Kier alpha value is -1.80. The second kappa shape index (κ2) is 6.31. The molecule has 1 atom stereocenters. The van der Waals surface area contributed by atoms with E-state index in [0.717, 1.165) is 16.8 Å². The van der Waals surface area contributed by atoms with Gasteiger partial charge >= 0.3 is 0 Å². The minimum Gasteiger partial charge on any atom is -0.325 e. The van der Waals surface area contributed by atoms with Crippen molar-refractivity contribution in [3.05, 3.63) is 65.7 Å². The minimum absolute atomic E-state index is 0.0431. The molecule has 0 fully saturated rings. The second-order valence-electron chi connectivity index (χ2n) is 5.65. The molecule has 21 heavy (non-hydrogen) atoms. The zero-order chi connectivity index (χ0) is 15.5. The number of benzene rings is 2. The van der Waals surface area contributed by atoms with Crippen molar-refractivity contribution in [2.75, 3.05) is 5.32 Å². The van der Waals surface area contributed by atoms with Gasteiger partial charge in [0.05, 0.1) is 10.8 Å². The maximum Gasteiger partial charge on any atom is 0.234 e. The number of carbonyl (C=O) groups excluding carboxylic acids is 1. The Kier molecular flexibility index (Phi) is 4.69. The number of hydrogen-bond acceptors (Lipinski definition) is 1. The maximum atomic E-state index is 12.7. The molecule has 0 saturated carbocycles. The lowest BCUT2D eigenvalue weighted by atomic mass is 9.83. The fourth-order valence-electron chi connectivity index (χ4n) is 2.22. The number of amides is 1. The number of carbonyl (C=O) groups is 1. The molecule has 0 bridgehead atoms. The molecule has 0 aliphatic rings. The standard InChI is InChI=1S/C18H20ClNO/c1-13(19)15-11-7-8-12-16(15)20-17(21)18(2,3)14-9-5-4-6-10-14/h4-13H,1-3H3,(H,20,21). The average Bonchev–Trinajstić information content (AvgIpc) is 2.48. The lowest BCUT2D eigenvalue weighted by molar-refractivity contribution is -0.120. The van der Waals surface area contributed by atoms with Gasteiger partial charge in [-0.15, -0.1) is 11.6 Å². The van der Waals surface area contributed by atoms with Crippen LogP contribution in [0.4, 0.5) is 5.69 Å². The zero-order valence-corrected chi connectivity index (χ0v) is 13.3. The predicted molar refractivity (Wildman–Crippen MR) is 88.8 cm³/mol. The number of nitrogens with one attached hydrogen (secondary N) is 1. The summed E-state index contributed by atoms with van der Waals surface area (Å²) in [6.45, 7) is 5.74. The Bertz CT molecular complexity index is 620. The highest BCUT2D eigenvalue weighted by molar-refractivity contribution is 6.21. The van der Waals surface area contributed by atoms with Gasteiger partial charge in [-0.1, -0.05) is 48.5 Å². The second-order valence-corrected chi connectivity index (χ2v) is 6.30. The van der Waals surface area contributed by atoms with Crippen LogP contribution in [-0.4, -0.2) is 5.91 Å². The molecule has 2 nitrogen and oxygen atoms in total. The quantitative estimate of drug-likeness (QED) is 0.799. The molecule has 0 aromatic heterocycles. The molecule has 2 aromatic rings. The average molecular weight is 302 g/mol. The van der Waals surface area contributed by atoms with Gasteiger partial charge in [0.2, 0.25) is 5.91 Å². The summed E-state index contributed by atoms with van der Waals surface area (Å²) in [5, 5.41) is 2.86. The number of anilines is 1. The molecule has 1 amide bonds. The first-order valence-electron chi connectivity index (χ1n) is 7.03. The Morgan fingerprint density at radius 3 is 2.24 bits per heavy atom. The molecular formula is C18H20ClNO. The van der Waals surface area contributed by atoms with Gasteiger partial charge in [0.1, 0.15) is 0 Å². The smallest absolute Gasteiger partial charge is 0.234 e. The number of rotatable bonds is 4. The van der Waals surface area contributed by atoms with Crippen molar-refractivity contribution in [3.63, 3.8) is 0 Å². The summed E-state index contributed by atoms with van der Waals surface area (Å²) in [6.07, 6.45) is 0. The first-order valence-corrected chi connectivity index (χ1v) is 7.46. The maximum absolute atomic E-state index is 12.7. The van der Waals surface area contributed by atoms with E-state index in [1.54, 1.807) is 0 Å². The topological polar surface area (TPSA) is 29.1 Å². The van der Waals surface area contributed by atoms with Crippen LogP contribution in [0.5, 0.6) is 0 Å². The van der Waals surface area contributed by atoms with E-state index in [2.05, 4.69) is 5.32 Å². The van der Waals surface area contributed by atoms with Crippen molar-refractivity contribution in [3.8, 4) is 0 Å². The van der Waals surface area contributed by atoms with Crippen molar-refractivity contribution >= 4 is 23.2 Å². The highest BCUT2D eigenvalue weighted by atomic mass is 35.5. The fraction of sp³-hybridized carbons (Fsp3) is 0.278. The minimum atomic E-state index is -0.607. The summed E-state index contributed by atoms with van der Waals surface area (Å²) in [7, 11) is 0. The van der Waals surface area contributed by atoms with Crippen LogP contribution >= 0.6 is 11.6 Å². The molecule has 0 heterocycles. The summed E-state index contributed by atoms with van der Waals surface area (Å²) in [5.41, 5.74) is 2.08. The molecule has 0 spiro atoms. The molecule has 3 heteroatoms. The van der Waals surface area contributed by atoms with Crippen LogP contribution < -0.4 is 5.32 Å². The lowest BCUT2D eigenvalue weighted by Gasteiger charge is -2.25. The van der Waals surface area contributed by atoms with Crippen LogP contribution in [0.3, 0.4) is 0 Å². The first-order chi connectivity index (χ1) is 9.93. The summed E-state index contributed by atoms with van der Waals surface area (Å²) < 4.78 is 0. The largest absolute Gasteiger partial charge is 0.325 e. The number of para-hydroxylation sites is 1. The van der Waals surface area contributed by atoms with Crippen LogP contribution in [0.25, 0.3) is 0 Å². The van der Waals surface area contributed by atoms with Gasteiger partial charge in [-0.3, -0.25) is 4.79 Å². The fourth-order valence-corrected chi connectivity index (χ4v) is 2.41. The van der Waals surface area contributed by atoms with E-state index in [-0.39, 0.29) is 11.3 Å². The van der Waals surface area contributed by atoms with Crippen molar-refractivity contribution < 1.29 is 4.79 Å². The molecule has 0 saturated heterocycles. The summed E-state index contributed by atoms with van der Waals surface area (Å²) >= 11 is 6.17. The Morgan fingerprint density at radius 1 is 1.05 bits per heavy atom. The molecule has 2 aromatic carbocycles. The van der Waals surface area contributed by atoms with E-state index in [9.17, 15) is 4.79 Å². The number of alkyl halides is 1. The summed E-state index contributed by atoms with van der Waals surface area (Å²) in [4.78, 5) is 12.7. The van der Waals surface area contributed by atoms with Gasteiger partial charge < -0.3 is 5.32 Å². The van der Waals surface area contributed by atoms with Crippen LogP contribution in [0.2, 0.25) is 0 Å². The molecule has 1 N–H and O–H groups in total. The van der Waals surface area contributed by atoms with Gasteiger partial charge in [0.25, 0.3) is 0 Å². The summed E-state index contributed by atoms with van der Waals surface area (Å²) in [5.74, 6) is -0.0431. The highest BCUT2D eigenvalue weighted by Crippen LogP contribution is 2.30. The molecule has 0 aliphatic carbocycles. The molecule has 1 unspecified atom stereocenters. The summed E-state index contributed by atoms with van der Waals surface area (Å²) in [6, 6.07) is 17.4. The third-order valence-corrected chi connectivity index (χ3v) is 3.94. The van der Waals surface area contributed by atoms with E-state index in [0.29, 0.717) is 0 Å². The Balaban J connectivity index is 2.26. The molecular weight excluding hydrogens is 282 g/mol. The SMILES string of the molecule is CC(Cl)c1ccccc1NC(=O)C(C)(C)c1ccccc1. The third kappa shape index (κ3) is 3.45. The van der Waals surface area contributed by atoms with Crippen molar-refractivity contribution in [2.24, 2.45) is 0 Å². The highest BCUT2D eigenvalue weighted by Gasteiger charge is 2.30. The van der Waals surface area contributed by atoms with E-state index in [1.807, 2.05) is 75.4 Å². The molecule has 2 rings (SSSR count). The lowest BCUT2D eigenvalue weighted by Crippen LogP contribution is -2.35. The predicted octanol–water partition coefficient (Wildman–Crippen LogP) is 4.90. The van der Waals surface area contributed by atoms with Crippen LogP contribution in [-0.2, 0) is 10.2 Å². The van der Waals surface area contributed by atoms with Crippen molar-refractivity contribution in [2.45, 2.75) is 31.6 Å². The van der Waals surface area contributed by atoms with Crippen LogP contribution in [0.1, 0.15) is 37.3 Å². The van der Waals surface area contributed by atoms with Crippen LogP contribution in [0, 0.1) is 0 Å². The van der Waals surface area contributed by atoms with E-state index >= 15 is 0 Å². The third-order valence-electron chi connectivity index (χ3n) is 3.70. The molecule has 110 valence electrons. The van der Waals surface area contributed by atoms with E-state index in [1.165, 1.54) is 0 Å². The first kappa shape index (κ1) is 15.6. The number of hydrogen-bond donors (Lipinski definition) is 1. The zero-order valence-electron chi connectivity index (χ0n) is 12.6. The van der Waals surface area contributed by atoms with Crippen molar-refractivity contribution in [1.29, 1.82) is 0 Å². The molecule has 0 aliphatic heterocycles. The van der Waals surface area contributed by atoms with Gasteiger partial charge in [0.15, 0.2) is 0 Å². The van der Waals surface area contributed by atoms with Gasteiger partial charge in [-0.2, -0.15) is 0 Å².